The highest BCUT2D eigenvalue weighted by atomic mass is 32.2. The molecule has 0 aliphatic carbocycles. The molecule has 212 valence electrons. The van der Waals surface area contributed by atoms with E-state index in [1.54, 1.807) is 27.5 Å². The largest absolute Gasteiger partial charge is 0.493 e. The molecule has 0 bridgehead atoms. The molecule has 0 saturated heterocycles. The summed E-state index contributed by atoms with van der Waals surface area (Å²) in [6, 6.07) is 31.4. The fraction of sp³-hybridized carbons (Fsp3) is 0.125. The van der Waals surface area contributed by atoms with Crippen LogP contribution in [0.4, 0.5) is 0 Å². The van der Waals surface area contributed by atoms with Crippen molar-refractivity contribution in [3.05, 3.63) is 103 Å². The van der Waals surface area contributed by atoms with Crippen molar-refractivity contribution in [3.63, 3.8) is 0 Å². The van der Waals surface area contributed by atoms with Crippen molar-refractivity contribution in [3.8, 4) is 45.5 Å². The van der Waals surface area contributed by atoms with Gasteiger partial charge in [-0.05, 0) is 41.0 Å². The maximum absolute atomic E-state index is 12.7. The Balaban J connectivity index is 1.31. The molecule has 1 aromatic heterocycles. The Bertz CT molecular complexity index is 1650. The van der Waals surface area contributed by atoms with Crippen LogP contribution in [0.25, 0.3) is 28.2 Å². The summed E-state index contributed by atoms with van der Waals surface area (Å²) in [6.45, 7) is 0. The topological polar surface area (TPSA) is 99.9 Å². The summed E-state index contributed by atoms with van der Waals surface area (Å²) < 4.78 is 18.4. The lowest BCUT2D eigenvalue weighted by Gasteiger charge is -2.15. The molecule has 5 rings (SSSR count). The third kappa shape index (κ3) is 6.45. The summed E-state index contributed by atoms with van der Waals surface area (Å²) in [5.74, 6) is 1.85. The quantitative estimate of drug-likeness (QED) is 0.119. The van der Waals surface area contributed by atoms with Crippen molar-refractivity contribution >= 4 is 23.9 Å². The molecule has 1 N–H and O–H groups in total. The molecule has 9 nitrogen and oxygen atoms in total. The molecule has 5 aromatic rings. The number of thioether (sulfide) groups is 1. The molecule has 4 aromatic carbocycles. The SMILES string of the molecule is COc1cc(-c2nnc(SCC(=O)N/N=C\c3ccc(-c4ccccc4)cc3)n2-c2ccccc2)cc(OC)c1OC. The molecule has 0 fully saturated rings. The Hall–Kier alpha value is -5.09. The zero-order valence-electron chi connectivity index (χ0n) is 23.4. The first-order valence-corrected chi connectivity index (χ1v) is 14.0. The predicted octanol–water partition coefficient (Wildman–Crippen LogP) is 5.87. The number of para-hydroxylation sites is 1. The van der Waals surface area contributed by atoms with Crippen molar-refractivity contribution in [2.75, 3.05) is 27.1 Å². The van der Waals surface area contributed by atoms with Gasteiger partial charge >= 0.3 is 0 Å². The second-order valence-corrected chi connectivity index (χ2v) is 9.90. The average Bonchev–Trinajstić information content (AvgIpc) is 3.48. The van der Waals surface area contributed by atoms with E-state index in [0.717, 1.165) is 22.4 Å². The Morgan fingerprint density at radius 2 is 1.43 bits per heavy atom. The highest BCUT2D eigenvalue weighted by molar-refractivity contribution is 7.99. The number of nitrogens with zero attached hydrogens (tertiary/aromatic N) is 4. The van der Waals surface area contributed by atoms with Gasteiger partial charge < -0.3 is 14.2 Å². The number of benzene rings is 4. The zero-order valence-corrected chi connectivity index (χ0v) is 24.2. The van der Waals surface area contributed by atoms with Crippen LogP contribution in [0.1, 0.15) is 5.56 Å². The summed E-state index contributed by atoms with van der Waals surface area (Å²) in [5, 5.41) is 13.5. The minimum absolute atomic E-state index is 0.0878. The first kappa shape index (κ1) is 28.4. The number of hydrazone groups is 1. The van der Waals surface area contributed by atoms with Gasteiger partial charge in [0.05, 0.1) is 33.3 Å². The van der Waals surface area contributed by atoms with E-state index in [9.17, 15) is 4.79 Å². The third-order valence-corrected chi connectivity index (χ3v) is 7.25. The monoisotopic (exact) mass is 579 g/mol. The molecule has 0 radical (unpaired) electrons. The van der Waals surface area contributed by atoms with Crippen molar-refractivity contribution in [2.45, 2.75) is 5.16 Å². The minimum atomic E-state index is -0.269. The van der Waals surface area contributed by atoms with Crippen LogP contribution in [0.15, 0.2) is 107 Å². The fourth-order valence-corrected chi connectivity index (χ4v) is 5.05. The van der Waals surface area contributed by atoms with Gasteiger partial charge in [-0.15, -0.1) is 10.2 Å². The number of rotatable bonds is 11. The van der Waals surface area contributed by atoms with Gasteiger partial charge in [-0.1, -0.05) is 84.6 Å². The van der Waals surface area contributed by atoms with Crippen LogP contribution >= 0.6 is 11.8 Å². The van der Waals surface area contributed by atoms with Gasteiger partial charge in [0.25, 0.3) is 5.91 Å². The summed E-state index contributed by atoms with van der Waals surface area (Å²) in [5.41, 5.74) is 7.27. The maximum atomic E-state index is 12.7. The maximum Gasteiger partial charge on any atom is 0.250 e. The number of hydrogen-bond donors (Lipinski definition) is 1. The van der Waals surface area contributed by atoms with Crippen LogP contribution in [0, 0.1) is 0 Å². The molecule has 0 saturated carbocycles. The first-order valence-electron chi connectivity index (χ1n) is 13.0. The van der Waals surface area contributed by atoms with E-state index in [0.29, 0.717) is 33.8 Å². The van der Waals surface area contributed by atoms with Crippen molar-refractivity contribution in [1.29, 1.82) is 0 Å². The fourth-order valence-electron chi connectivity index (χ4n) is 4.30. The van der Waals surface area contributed by atoms with E-state index in [1.165, 1.54) is 11.8 Å². The normalized spacial score (nSPS) is 10.9. The second kappa shape index (κ2) is 13.5. The van der Waals surface area contributed by atoms with Crippen LogP contribution < -0.4 is 19.6 Å². The standard InChI is InChI=1S/C32H29N5O4S/c1-39-27-18-25(19-28(40-2)30(27)41-3)31-35-36-32(37(31)26-12-8-5-9-13-26)42-21-29(38)34-33-20-22-14-16-24(17-15-22)23-10-6-4-7-11-23/h4-20H,21H2,1-3H3,(H,34,38)/b33-20-. The van der Waals surface area contributed by atoms with Gasteiger partial charge in [0.2, 0.25) is 5.75 Å². The molecular weight excluding hydrogens is 550 g/mol. The average molecular weight is 580 g/mol. The van der Waals surface area contributed by atoms with Crippen molar-refractivity contribution in [1.82, 2.24) is 20.2 Å². The van der Waals surface area contributed by atoms with E-state index >= 15 is 0 Å². The third-order valence-electron chi connectivity index (χ3n) is 6.32. The molecule has 1 heterocycles. The Labute approximate surface area is 248 Å². The first-order chi connectivity index (χ1) is 20.6. The number of ether oxygens (including phenoxy) is 3. The van der Waals surface area contributed by atoms with Crippen molar-refractivity contribution in [2.24, 2.45) is 5.10 Å². The van der Waals surface area contributed by atoms with E-state index in [1.807, 2.05) is 89.5 Å². The molecule has 42 heavy (non-hydrogen) atoms. The zero-order chi connectivity index (χ0) is 29.3. The number of aromatic nitrogens is 3. The minimum Gasteiger partial charge on any atom is -0.493 e. The van der Waals surface area contributed by atoms with Crippen LogP contribution in [0.3, 0.4) is 0 Å². The highest BCUT2D eigenvalue weighted by Crippen LogP contribution is 2.41. The summed E-state index contributed by atoms with van der Waals surface area (Å²) >= 11 is 1.26. The van der Waals surface area contributed by atoms with Crippen LogP contribution in [-0.4, -0.2) is 54.0 Å². The van der Waals surface area contributed by atoms with Gasteiger partial charge in [0.1, 0.15) is 0 Å². The van der Waals surface area contributed by atoms with Crippen LogP contribution in [0.2, 0.25) is 0 Å². The summed E-state index contributed by atoms with van der Waals surface area (Å²) in [4.78, 5) is 12.7. The summed E-state index contributed by atoms with van der Waals surface area (Å²) in [6.07, 6.45) is 1.62. The Morgan fingerprint density at radius 1 is 0.810 bits per heavy atom. The predicted molar refractivity (Wildman–Crippen MR) is 165 cm³/mol. The molecule has 0 atom stereocenters. The van der Waals surface area contributed by atoms with Gasteiger partial charge in [0.15, 0.2) is 22.5 Å². The number of methoxy groups -OCH3 is 3. The van der Waals surface area contributed by atoms with Gasteiger partial charge in [-0.3, -0.25) is 9.36 Å². The van der Waals surface area contributed by atoms with E-state index in [2.05, 4.69) is 32.9 Å². The van der Waals surface area contributed by atoms with Crippen LogP contribution in [-0.2, 0) is 4.79 Å². The second-order valence-electron chi connectivity index (χ2n) is 8.96. The van der Waals surface area contributed by atoms with Gasteiger partial charge in [-0.2, -0.15) is 5.10 Å². The lowest BCUT2D eigenvalue weighted by molar-refractivity contribution is -0.118. The Morgan fingerprint density at radius 3 is 2.05 bits per heavy atom. The number of nitrogens with one attached hydrogen (secondary N) is 1. The summed E-state index contributed by atoms with van der Waals surface area (Å²) in [7, 11) is 4.67. The molecule has 0 aliphatic heterocycles. The number of amides is 1. The molecule has 1 amide bonds. The lowest BCUT2D eigenvalue weighted by atomic mass is 10.0. The lowest BCUT2D eigenvalue weighted by Crippen LogP contribution is -2.20. The molecule has 10 heteroatoms. The highest BCUT2D eigenvalue weighted by Gasteiger charge is 2.21. The van der Waals surface area contributed by atoms with Crippen molar-refractivity contribution < 1.29 is 19.0 Å². The number of hydrogen-bond acceptors (Lipinski definition) is 8. The Kier molecular flexibility index (Phi) is 9.15. The number of carbonyl (C=O) groups excluding carboxylic acids is 1. The van der Waals surface area contributed by atoms with Crippen LogP contribution in [0.5, 0.6) is 17.2 Å². The molecule has 0 spiro atoms. The van der Waals surface area contributed by atoms with Gasteiger partial charge in [0, 0.05) is 11.3 Å². The number of carbonyl (C=O) groups is 1. The van der Waals surface area contributed by atoms with E-state index in [4.69, 9.17) is 14.2 Å². The smallest absolute Gasteiger partial charge is 0.250 e. The van der Waals surface area contributed by atoms with Gasteiger partial charge in [-0.25, -0.2) is 5.43 Å². The molecular formula is C32H29N5O4S. The van der Waals surface area contributed by atoms with E-state index in [-0.39, 0.29) is 11.7 Å². The molecule has 0 unspecified atom stereocenters. The van der Waals surface area contributed by atoms with E-state index < -0.39 is 0 Å². The molecule has 0 aliphatic rings.